The fraction of sp³-hybridized carbons (Fsp3) is 0.0909. The summed E-state index contributed by atoms with van der Waals surface area (Å²) in [6, 6.07) is 22.7. The highest BCUT2D eigenvalue weighted by Crippen LogP contribution is 2.38. The fourth-order valence-electron chi connectivity index (χ4n) is 2.85. The van der Waals surface area contributed by atoms with Crippen LogP contribution in [0.1, 0.15) is 5.56 Å². The molecule has 1 heterocycles. The molecule has 6 heteroatoms. The van der Waals surface area contributed by atoms with E-state index in [1.54, 1.807) is 19.2 Å². The van der Waals surface area contributed by atoms with E-state index in [4.69, 9.17) is 9.47 Å². The molecular formula is C22H19N3O3. The van der Waals surface area contributed by atoms with Crippen molar-refractivity contribution in [2.45, 2.75) is 6.61 Å². The Bertz CT molecular complexity index is 1120. The van der Waals surface area contributed by atoms with Crippen LogP contribution in [0.3, 0.4) is 0 Å². The van der Waals surface area contributed by atoms with E-state index in [2.05, 4.69) is 15.2 Å². The molecule has 0 saturated carbocycles. The summed E-state index contributed by atoms with van der Waals surface area (Å²) in [5, 5.41) is 19.4. The number of fused-ring (bicyclic) bond motifs is 1. The largest absolute Gasteiger partial charge is 0.497 e. The average molecular weight is 373 g/mol. The number of methoxy groups -OCH3 is 1. The molecule has 0 amide bonds. The lowest BCUT2D eigenvalue weighted by atomic mass is 10.2. The van der Waals surface area contributed by atoms with Gasteiger partial charge < -0.3 is 19.6 Å². The average Bonchev–Trinajstić information content (AvgIpc) is 3.06. The predicted molar refractivity (Wildman–Crippen MR) is 108 cm³/mol. The first-order valence-corrected chi connectivity index (χ1v) is 8.80. The molecule has 3 aromatic carbocycles. The number of aromatic hydroxyl groups is 1. The minimum atomic E-state index is -0.0384. The normalized spacial score (nSPS) is 11.2. The van der Waals surface area contributed by atoms with E-state index < -0.39 is 0 Å². The Labute approximate surface area is 162 Å². The highest BCUT2D eigenvalue weighted by atomic mass is 16.5. The van der Waals surface area contributed by atoms with Crippen LogP contribution in [0.5, 0.6) is 17.4 Å². The molecule has 0 aliphatic rings. The Kier molecular flexibility index (Phi) is 4.93. The van der Waals surface area contributed by atoms with E-state index in [9.17, 15) is 5.11 Å². The van der Waals surface area contributed by atoms with Crippen molar-refractivity contribution in [2.24, 2.45) is 10.2 Å². The third-order valence-electron chi connectivity index (χ3n) is 4.29. The van der Waals surface area contributed by atoms with Gasteiger partial charge in [0.25, 0.3) is 0 Å². The summed E-state index contributed by atoms with van der Waals surface area (Å²) in [4.78, 5) is 2.89. The van der Waals surface area contributed by atoms with Gasteiger partial charge in [-0.1, -0.05) is 36.4 Å². The van der Waals surface area contributed by atoms with E-state index in [-0.39, 0.29) is 5.88 Å². The van der Waals surface area contributed by atoms with Gasteiger partial charge in [0.2, 0.25) is 5.88 Å². The van der Waals surface area contributed by atoms with E-state index in [0.717, 1.165) is 16.5 Å². The lowest BCUT2D eigenvalue weighted by Gasteiger charge is -2.06. The minimum Gasteiger partial charge on any atom is -0.497 e. The van der Waals surface area contributed by atoms with Crippen LogP contribution < -0.4 is 9.47 Å². The van der Waals surface area contributed by atoms with Gasteiger partial charge >= 0.3 is 0 Å². The first kappa shape index (κ1) is 17.6. The number of aromatic nitrogens is 1. The minimum absolute atomic E-state index is 0.0384. The maximum Gasteiger partial charge on any atom is 0.218 e. The van der Waals surface area contributed by atoms with Crippen molar-refractivity contribution in [2.75, 3.05) is 7.11 Å². The molecule has 2 N–H and O–H groups in total. The Balaban J connectivity index is 1.55. The molecule has 0 aliphatic carbocycles. The summed E-state index contributed by atoms with van der Waals surface area (Å²) >= 11 is 0. The number of hydrogen-bond acceptors (Lipinski definition) is 5. The van der Waals surface area contributed by atoms with Crippen molar-refractivity contribution in [3.05, 3.63) is 78.4 Å². The molecule has 140 valence electrons. The van der Waals surface area contributed by atoms with E-state index >= 15 is 0 Å². The third kappa shape index (κ3) is 3.81. The highest BCUT2D eigenvalue weighted by Gasteiger charge is 2.11. The number of benzene rings is 3. The van der Waals surface area contributed by atoms with Crippen molar-refractivity contribution in [1.29, 1.82) is 0 Å². The zero-order valence-electron chi connectivity index (χ0n) is 15.3. The zero-order chi connectivity index (χ0) is 19.3. The van der Waals surface area contributed by atoms with Crippen LogP contribution in [0.4, 0.5) is 11.4 Å². The Morgan fingerprint density at radius 1 is 0.893 bits per heavy atom. The molecule has 0 aliphatic heterocycles. The van der Waals surface area contributed by atoms with Gasteiger partial charge in [-0.15, -0.1) is 5.11 Å². The number of azo groups is 1. The number of nitrogens with zero attached hydrogens (tertiary/aromatic N) is 2. The van der Waals surface area contributed by atoms with Gasteiger partial charge in [-0.25, -0.2) is 0 Å². The van der Waals surface area contributed by atoms with E-state index in [1.165, 1.54) is 0 Å². The van der Waals surface area contributed by atoms with Gasteiger partial charge in [0.05, 0.1) is 18.3 Å². The van der Waals surface area contributed by atoms with Crippen molar-refractivity contribution in [3.63, 3.8) is 0 Å². The molecule has 0 fully saturated rings. The summed E-state index contributed by atoms with van der Waals surface area (Å²) < 4.78 is 11.1. The molecule has 0 radical (unpaired) electrons. The van der Waals surface area contributed by atoms with Crippen molar-refractivity contribution >= 4 is 22.3 Å². The van der Waals surface area contributed by atoms with Crippen LogP contribution >= 0.6 is 0 Å². The molecule has 0 atom stereocenters. The van der Waals surface area contributed by atoms with Crippen molar-refractivity contribution < 1.29 is 14.6 Å². The summed E-state index contributed by atoms with van der Waals surface area (Å²) in [7, 11) is 1.59. The SMILES string of the molecule is COc1ccc2[nH]c(O)c(N=Nc3cccc(OCc4ccccc4)c3)c2c1. The maximum atomic E-state index is 10.2. The fourth-order valence-corrected chi connectivity index (χ4v) is 2.85. The number of ether oxygens (including phenoxy) is 2. The first-order valence-electron chi connectivity index (χ1n) is 8.80. The van der Waals surface area contributed by atoms with Crippen molar-refractivity contribution in [1.82, 2.24) is 4.98 Å². The van der Waals surface area contributed by atoms with Gasteiger partial charge in [-0.05, 0) is 35.9 Å². The van der Waals surface area contributed by atoms with Crippen LogP contribution in [-0.4, -0.2) is 17.2 Å². The summed E-state index contributed by atoms with van der Waals surface area (Å²) in [5.74, 6) is 1.34. The van der Waals surface area contributed by atoms with Crippen LogP contribution in [0.25, 0.3) is 10.9 Å². The number of H-pyrrole nitrogens is 1. The summed E-state index contributed by atoms with van der Waals surface area (Å²) in [5.41, 5.74) is 2.84. The molecule has 6 nitrogen and oxygen atoms in total. The molecular weight excluding hydrogens is 354 g/mol. The molecule has 0 spiro atoms. The Morgan fingerprint density at radius 2 is 1.75 bits per heavy atom. The smallest absolute Gasteiger partial charge is 0.218 e. The Hall–Kier alpha value is -3.80. The molecule has 28 heavy (non-hydrogen) atoms. The zero-order valence-corrected chi connectivity index (χ0v) is 15.3. The summed E-state index contributed by atoms with van der Waals surface area (Å²) in [6.45, 7) is 0.477. The van der Waals surface area contributed by atoms with Gasteiger partial charge in [0.15, 0.2) is 5.69 Å². The third-order valence-corrected chi connectivity index (χ3v) is 4.29. The molecule has 0 saturated heterocycles. The van der Waals surface area contributed by atoms with E-state index in [0.29, 0.717) is 29.5 Å². The monoisotopic (exact) mass is 373 g/mol. The predicted octanol–water partition coefficient (Wildman–Crippen LogP) is 5.88. The standard InChI is InChI=1S/C22H19N3O3/c1-27-17-10-11-20-19(13-17)21(22(26)23-20)25-24-16-8-5-9-18(12-16)28-14-15-6-3-2-4-7-15/h2-13,23,26H,14H2,1H3. The van der Waals surface area contributed by atoms with Gasteiger partial charge in [-0.2, -0.15) is 5.11 Å². The quantitative estimate of drug-likeness (QED) is 0.414. The molecule has 0 bridgehead atoms. The van der Waals surface area contributed by atoms with E-state index in [1.807, 2.05) is 60.7 Å². The molecule has 4 aromatic rings. The van der Waals surface area contributed by atoms with Crippen LogP contribution in [0.2, 0.25) is 0 Å². The topological polar surface area (TPSA) is 79.2 Å². The van der Waals surface area contributed by atoms with Crippen LogP contribution in [-0.2, 0) is 6.61 Å². The lowest BCUT2D eigenvalue weighted by Crippen LogP contribution is -1.94. The molecule has 0 unspecified atom stereocenters. The van der Waals surface area contributed by atoms with Gasteiger partial charge in [-0.3, -0.25) is 0 Å². The highest BCUT2D eigenvalue weighted by molar-refractivity contribution is 5.95. The van der Waals surface area contributed by atoms with Crippen LogP contribution in [0, 0.1) is 0 Å². The maximum absolute atomic E-state index is 10.2. The summed E-state index contributed by atoms with van der Waals surface area (Å²) in [6.07, 6.45) is 0. The van der Waals surface area contributed by atoms with Crippen molar-refractivity contribution in [3.8, 4) is 17.4 Å². The van der Waals surface area contributed by atoms with Crippen LogP contribution in [0.15, 0.2) is 83.0 Å². The number of aromatic amines is 1. The lowest BCUT2D eigenvalue weighted by molar-refractivity contribution is 0.306. The van der Waals surface area contributed by atoms with Gasteiger partial charge in [0, 0.05) is 11.5 Å². The first-order chi connectivity index (χ1) is 13.7. The second kappa shape index (κ2) is 7.84. The number of hydrogen-bond donors (Lipinski definition) is 2. The number of rotatable bonds is 6. The van der Waals surface area contributed by atoms with Gasteiger partial charge in [0.1, 0.15) is 18.1 Å². The number of nitrogens with one attached hydrogen (secondary N) is 1. The second-order valence-electron chi connectivity index (χ2n) is 6.21. The molecule has 4 rings (SSSR count). The second-order valence-corrected chi connectivity index (χ2v) is 6.21. The Morgan fingerprint density at radius 3 is 2.57 bits per heavy atom. The molecule has 1 aromatic heterocycles.